The van der Waals surface area contributed by atoms with Crippen LogP contribution >= 0.6 is 23.1 Å². The Bertz CT molecular complexity index is 1210. The summed E-state index contributed by atoms with van der Waals surface area (Å²) in [6.07, 6.45) is 0. The molecule has 0 fully saturated rings. The molecular formula is C24H24N4O2S2. The van der Waals surface area contributed by atoms with Crippen molar-refractivity contribution in [1.29, 1.82) is 0 Å². The van der Waals surface area contributed by atoms with Crippen LogP contribution in [0, 0.1) is 13.8 Å². The van der Waals surface area contributed by atoms with Crippen molar-refractivity contribution in [2.75, 3.05) is 12.4 Å². The van der Waals surface area contributed by atoms with E-state index in [9.17, 15) is 4.79 Å². The molecule has 1 unspecified atom stereocenters. The largest absolute Gasteiger partial charge is 0.495 e. The van der Waals surface area contributed by atoms with Crippen LogP contribution in [0.2, 0.25) is 0 Å². The Balaban J connectivity index is 1.67. The van der Waals surface area contributed by atoms with Crippen LogP contribution in [0.1, 0.15) is 18.1 Å². The minimum atomic E-state index is -0.386. The van der Waals surface area contributed by atoms with Gasteiger partial charge in [-0.25, -0.2) is 0 Å². The van der Waals surface area contributed by atoms with Crippen molar-refractivity contribution in [3.05, 3.63) is 71.1 Å². The van der Waals surface area contributed by atoms with Gasteiger partial charge in [0.15, 0.2) is 11.0 Å². The molecule has 1 amide bonds. The Morgan fingerprint density at radius 3 is 2.50 bits per heavy atom. The first kappa shape index (κ1) is 22.1. The molecule has 0 aliphatic heterocycles. The number of amides is 1. The van der Waals surface area contributed by atoms with Gasteiger partial charge < -0.3 is 10.1 Å². The van der Waals surface area contributed by atoms with Crippen LogP contribution in [0.5, 0.6) is 5.75 Å². The lowest BCUT2D eigenvalue weighted by molar-refractivity contribution is -0.115. The summed E-state index contributed by atoms with van der Waals surface area (Å²) in [6.45, 7) is 5.86. The Kier molecular flexibility index (Phi) is 6.62. The van der Waals surface area contributed by atoms with Gasteiger partial charge in [0.05, 0.1) is 22.9 Å². The van der Waals surface area contributed by atoms with E-state index in [-0.39, 0.29) is 11.2 Å². The Hall–Kier alpha value is -3.10. The second-order valence-electron chi connectivity index (χ2n) is 7.31. The van der Waals surface area contributed by atoms with Gasteiger partial charge in [0.1, 0.15) is 5.75 Å². The summed E-state index contributed by atoms with van der Waals surface area (Å²) in [6, 6.07) is 17.7. The van der Waals surface area contributed by atoms with E-state index >= 15 is 0 Å². The summed E-state index contributed by atoms with van der Waals surface area (Å²) >= 11 is 2.96. The lowest BCUT2D eigenvalue weighted by Gasteiger charge is -2.17. The summed E-state index contributed by atoms with van der Waals surface area (Å²) in [4.78, 5) is 14.0. The number of ether oxygens (including phenoxy) is 1. The number of aryl methyl sites for hydroxylation is 2. The first-order valence-electron chi connectivity index (χ1n) is 10.2. The van der Waals surface area contributed by atoms with Gasteiger partial charge >= 0.3 is 0 Å². The van der Waals surface area contributed by atoms with Crippen molar-refractivity contribution in [3.63, 3.8) is 0 Å². The molecule has 2 aromatic heterocycles. The topological polar surface area (TPSA) is 69.0 Å². The van der Waals surface area contributed by atoms with Gasteiger partial charge in [0.2, 0.25) is 5.91 Å². The Labute approximate surface area is 195 Å². The number of aromatic nitrogens is 3. The van der Waals surface area contributed by atoms with Gasteiger partial charge in [-0.15, -0.1) is 21.5 Å². The molecule has 0 spiro atoms. The van der Waals surface area contributed by atoms with Crippen molar-refractivity contribution in [3.8, 4) is 22.1 Å². The maximum atomic E-state index is 13.0. The normalized spacial score (nSPS) is 11.9. The number of thioether (sulfide) groups is 1. The lowest BCUT2D eigenvalue weighted by Crippen LogP contribution is -2.23. The van der Waals surface area contributed by atoms with Crippen LogP contribution in [0.15, 0.2) is 65.1 Å². The van der Waals surface area contributed by atoms with E-state index in [0.717, 1.165) is 27.4 Å². The third kappa shape index (κ3) is 4.42. The van der Waals surface area contributed by atoms with Crippen molar-refractivity contribution in [2.24, 2.45) is 0 Å². The fourth-order valence-electron chi connectivity index (χ4n) is 3.39. The van der Waals surface area contributed by atoms with E-state index in [4.69, 9.17) is 4.74 Å². The number of methoxy groups -OCH3 is 1. The molecule has 0 saturated carbocycles. The average molecular weight is 465 g/mol. The molecule has 2 aromatic carbocycles. The highest BCUT2D eigenvalue weighted by molar-refractivity contribution is 8.00. The van der Waals surface area contributed by atoms with Crippen molar-refractivity contribution in [2.45, 2.75) is 31.2 Å². The second-order valence-corrected chi connectivity index (χ2v) is 9.56. The van der Waals surface area contributed by atoms with E-state index in [1.807, 2.05) is 85.3 Å². The summed E-state index contributed by atoms with van der Waals surface area (Å²) in [5, 5.41) is 14.2. The molecule has 164 valence electrons. The molecular weight excluding hydrogens is 440 g/mol. The van der Waals surface area contributed by atoms with Crippen molar-refractivity contribution < 1.29 is 9.53 Å². The molecule has 2 heterocycles. The number of benzene rings is 2. The zero-order valence-corrected chi connectivity index (χ0v) is 20.0. The fourth-order valence-corrected chi connectivity index (χ4v) is 4.95. The molecule has 0 saturated heterocycles. The molecule has 1 atom stereocenters. The van der Waals surface area contributed by atoms with Crippen LogP contribution in [0.4, 0.5) is 5.69 Å². The smallest absolute Gasteiger partial charge is 0.237 e. The number of nitrogens with one attached hydrogen (secondary N) is 1. The molecule has 8 heteroatoms. The predicted octanol–water partition coefficient (Wildman–Crippen LogP) is 5.74. The third-order valence-corrected chi connectivity index (χ3v) is 6.99. The summed E-state index contributed by atoms with van der Waals surface area (Å²) in [5.74, 6) is 1.34. The van der Waals surface area contributed by atoms with Gasteiger partial charge in [-0.3, -0.25) is 9.36 Å². The average Bonchev–Trinajstić information content (AvgIpc) is 3.46. The molecule has 4 aromatic rings. The molecule has 1 N–H and O–H groups in total. The summed E-state index contributed by atoms with van der Waals surface area (Å²) in [7, 11) is 1.64. The molecule has 32 heavy (non-hydrogen) atoms. The highest BCUT2D eigenvalue weighted by Gasteiger charge is 2.24. The molecule has 0 aliphatic rings. The van der Waals surface area contributed by atoms with Gasteiger partial charge in [-0.1, -0.05) is 48.2 Å². The quantitative estimate of drug-likeness (QED) is 0.353. The predicted molar refractivity (Wildman–Crippen MR) is 131 cm³/mol. The SMILES string of the molecule is COc1ccccc1-n1c(SC(C)C(=O)Nc2c(C)cccc2C)nnc1-c1cccs1. The molecule has 0 bridgehead atoms. The molecule has 4 rings (SSSR count). The minimum absolute atomic E-state index is 0.0837. The maximum Gasteiger partial charge on any atom is 0.237 e. The number of carbonyl (C=O) groups is 1. The van der Waals surface area contributed by atoms with E-state index < -0.39 is 0 Å². The first-order chi connectivity index (χ1) is 15.5. The number of carbonyl (C=O) groups excluding carboxylic acids is 1. The number of anilines is 1. The second kappa shape index (κ2) is 9.58. The fraction of sp³-hybridized carbons (Fsp3) is 0.208. The standard InChI is InChI=1S/C24H24N4O2S2/c1-15-9-7-10-16(2)21(15)25-23(29)17(3)32-24-27-26-22(20-13-8-14-31-20)28(24)18-11-5-6-12-19(18)30-4/h5-14,17H,1-4H3,(H,25,29). The highest BCUT2D eigenvalue weighted by Crippen LogP contribution is 2.35. The van der Waals surface area contributed by atoms with Crippen LogP contribution in [-0.4, -0.2) is 33.0 Å². The van der Waals surface area contributed by atoms with E-state index in [1.165, 1.54) is 11.8 Å². The Morgan fingerprint density at radius 1 is 1.06 bits per heavy atom. The van der Waals surface area contributed by atoms with E-state index in [1.54, 1.807) is 18.4 Å². The number of hydrogen-bond acceptors (Lipinski definition) is 6. The van der Waals surface area contributed by atoms with Gasteiger partial charge in [-0.2, -0.15) is 0 Å². The van der Waals surface area contributed by atoms with Gasteiger partial charge in [0.25, 0.3) is 0 Å². The van der Waals surface area contributed by atoms with E-state index in [0.29, 0.717) is 16.7 Å². The van der Waals surface area contributed by atoms with Crippen LogP contribution in [-0.2, 0) is 4.79 Å². The monoisotopic (exact) mass is 464 g/mol. The van der Waals surface area contributed by atoms with Gasteiger partial charge in [-0.05, 0) is 55.5 Å². The first-order valence-corrected chi connectivity index (χ1v) is 11.9. The lowest BCUT2D eigenvalue weighted by atomic mass is 10.1. The zero-order chi connectivity index (χ0) is 22.7. The van der Waals surface area contributed by atoms with Crippen LogP contribution in [0.25, 0.3) is 16.4 Å². The van der Waals surface area contributed by atoms with Crippen LogP contribution < -0.4 is 10.1 Å². The summed E-state index contributed by atoms with van der Waals surface area (Å²) < 4.78 is 7.55. The molecule has 0 aliphatic carbocycles. The van der Waals surface area contributed by atoms with Gasteiger partial charge in [0, 0.05) is 5.69 Å². The number of hydrogen-bond donors (Lipinski definition) is 1. The summed E-state index contributed by atoms with van der Waals surface area (Å²) in [5.41, 5.74) is 3.75. The molecule has 6 nitrogen and oxygen atoms in total. The maximum absolute atomic E-state index is 13.0. The highest BCUT2D eigenvalue weighted by atomic mass is 32.2. The zero-order valence-electron chi connectivity index (χ0n) is 18.3. The molecule has 0 radical (unpaired) electrons. The number of nitrogens with zero attached hydrogens (tertiary/aromatic N) is 3. The number of thiophene rings is 1. The number of para-hydroxylation sites is 3. The van der Waals surface area contributed by atoms with Crippen molar-refractivity contribution in [1.82, 2.24) is 14.8 Å². The van der Waals surface area contributed by atoms with Crippen molar-refractivity contribution >= 4 is 34.7 Å². The van der Waals surface area contributed by atoms with Crippen LogP contribution in [0.3, 0.4) is 0 Å². The Morgan fingerprint density at radius 2 is 1.81 bits per heavy atom. The number of rotatable bonds is 7. The minimum Gasteiger partial charge on any atom is -0.495 e. The van der Waals surface area contributed by atoms with E-state index in [2.05, 4.69) is 15.5 Å². The third-order valence-electron chi connectivity index (χ3n) is 5.08.